The van der Waals surface area contributed by atoms with Gasteiger partial charge in [-0.05, 0) is 67.8 Å². The number of hydrogen-bond donors (Lipinski definition) is 1. The minimum absolute atomic E-state index is 0.0298. The average molecular weight is 415 g/mol. The first-order chi connectivity index (χ1) is 14.5. The van der Waals surface area contributed by atoms with E-state index in [0.29, 0.717) is 5.69 Å². The maximum absolute atomic E-state index is 12.8. The highest BCUT2D eigenvalue weighted by atomic mass is 19.3. The molecule has 2 saturated heterocycles. The van der Waals surface area contributed by atoms with E-state index in [0.717, 1.165) is 29.4 Å². The molecule has 1 N–H and O–H groups in total. The van der Waals surface area contributed by atoms with Gasteiger partial charge in [-0.1, -0.05) is 0 Å². The van der Waals surface area contributed by atoms with Crippen molar-refractivity contribution in [3.8, 4) is 5.75 Å². The van der Waals surface area contributed by atoms with Crippen molar-refractivity contribution in [2.75, 3.05) is 28.2 Å². The Labute approximate surface area is 173 Å². The van der Waals surface area contributed by atoms with Gasteiger partial charge in [0.1, 0.15) is 11.8 Å². The fraction of sp³-hybridized carbons (Fsp3) is 0.364. The van der Waals surface area contributed by atoms with Crippen LogP contribution in [-0.4, -0.2) is 37.6 Å². The second-order valence-corrected chi connectivity index (χ2v) is 7.44. The molecule has 158 valence electrons. The quantitative estimate of drug-likeness (QED) is 0.722. The van der Waals surface area contributed by atoms with E-state index in [1.54, 1.807) is 0 Å². The van der Waals surface area contributed by atoms with Crippen molar-refractivity contribution in [2.24, 2.45) is 0 Å². The summed E-state index contributed by atoms with van der Waals surface area (Å²) < 4.78 is 28.9. The Bertz CT molecular complexity index is 897. The molecule has 0 spiro atoms. The summed E-state index contributed by atoms with van der Waals surface area (Å²) >= 11 is 0. The maximum Gasteiger partial charge on any atom is 0.387 e. The minimum Gasteiger partial charge on any atom is -0.435 e. The summed E-state index contributed by atoms with van der Waals surface area (Å²) in [5.41, 5.74) is 2.25. The SMILES string of the molecule is O=C1CC(Nc2ccc(N3CCCCC3)cc2)C(=O)N1c1ccc(OC(F)F)cc1. The molecule has 6 nitrogen and oxygen atoms in total. The molecule has 0 saturated carbocycles. The van der Waals surface area contributed by atoms with Crippen LogP contribution in [0.1, 0.15) is 25.7 Å². The Morgan fingerprint density at radius 3 is 2.17 bits per heavy atom. The number of benzene rings is 2. The van der Waals surface area contributed by atoms with E-state index in [1.165, 1.54) is 43.5 Å². The van der Waals surface area contributed by atoms with Gasteiger partial charge in [-0.2, -0.15) is 8.78 Å². The maximum atomic E-state index is 12.8. The number of carbonyl (C=O) groups excluding carboxylic acids is 2. The third kappa shape index (κ3) is 4.37. The van der Waals surface area contributed by atoms with Crippen molar-refractivity contribution in [1.29, 1.82) is 0 Å². The lowest BCUT2D eigenvalue weighted by Crippen LogP contribution is -2.34. The molecule has 2 amide bonds. The van der Waals surface area contributed by atoms with Crippen molar-refractivity contribution in [1.82, 2.24) is 0 Å². The highest BCUT2D eigenvalue weighted by Crippen LogP contribution is 2.28. The van der Waals surface area contributed by atoms with Gasteiger partial charge >= 0.3 is 6.61 Å². The Morgan fingerprint density at radius 1 is 0.900 bits per heavy atom. The first-order valence-electron chi connectivity index (χ1n) is 10.0. The Morgan fingerprint density at radius 2 is 1.53 bits per heavy atom. The second-order valence-electron chi connectivity index (χ2n) is 7.44. The van der Waals surface area contributed by atoms with Crippen LogP contribution in [-0.2, 0) is 9.59 Å². The van der Waals surface area contributed by atoms with E-state index in [2.05, 4.69) is 15.0 Å². The summed E-state index contributed by atoms with van der Waals surface area (Å²) in [5, 5.41) is 3.13. The summed E-state index contributed by atoms with van der Waals surface area (Å²) in [4.78, 5) is 28.6. The molecule has 8 heteroatoms. The molecular weight excluding hydrogens is 392 g/mol. The van der Waals surface area contributed by atoms with Gasteiger partial charge in [0.05, 0.1) is 12.1 Å². The number of anilines is 3. The third-order valence-corrected chi connectivity index (χ3v) is 5.40. The molecule has 1 unspecified atom stereocenters. The molecule has 1 atom stereocenters. The number of carbonyl (C=O) groups is 2. The lowest BCUT2D eigenvalue weighted by atomic mass is 10.1. The molecular formula is C22H23F2N3O3. The monoisotopic (exact) mass is 415 g/mol. The minimum atomic E-state index is -2.93. The van der Waals surface area contributed by atoms with Crippen LogP contribution in [0.2, 0.25) is 0 Å². The number of imide groups is 1. The molecule has 2 aliphatic heterocycles. The number of rotatable bonds is 6. The van der Waals surface area contributed by atoms with Crippen molar-refractivity contribution >= 4 is 28.9 Å². The van der Waals surface area contributed by atoms with Gasteiger partial charge in [0.25, 0.3) is 5.91 Å². The van der Waals surface area contributed by atoms with Crippen LogP contribution in [0.4, 0.5) is 25.8 Å². The Kier molecular flexibility index (Phi) is 5.83. The molecule has 0 radical (unpaired) electrons. The lowest BCUT2D eigenvalue weighted by molar-refractivity contribution is -0.121. The van der Waals surface area contributed by atoms with Crippen LogP contribution in [0, 0.1) is 0 Å². The van der Waals surface area contributed by atoms with Crippen molar-refractivity contribution in [3.63, 3.8) is 0 Å². The van der Waals surface area contributed by atoms with Gasteiger partial charge in [0.2, 0.25) is 5.91 Å². The van der Waals surface area contributed by atoms with E-state index in [9.17, 15) is 18.4 Å². The molecule has 0 aromatic heterocycles. The lowest BCUT2D eigenvalue weighted by Gasteiger charge is -2.29. The average Bonchev–Trinajstić information content (AvgIpc) is 3.02. The van der Waals surface area contributed by atoms with Crippen LogP contribution in [0.15, 0.2) is 48.5 Å². The predicted molar refractivity (Wildman–Crippen MR) is 110 cm³/mol. The van der Waals surface area contributed by atoms with E-state index in [1.807, 2.05) is 24.3 Å². The zero-order valence-corrected chi connectivity index (χ0v) is 16.4. The zero-order chi connectivity index (χ0) is 21.1. The fourth-order valence-corrected chi connectivity index (χ4v) is 3.91. The number of hydrogen-bond acceptors (Lipinski definition) is 5. The van der Waals surface area contributed by atoms with Crippen LogP contribution in [0.5, 0.6) is 5.75 Å². The van der Waals surface area contributed by atoms with Gasteiger partial charge < -0.3 is 15.0 Å². The molecule has 2 aromatic rings. The highest BCUT2D eigenvalue weighted by molar-refractivity contribution is 6.23. The Balaban J connectivity index is 1.41. The number of alkyl halides is 2. The molecule has 30 heavy (non-hydrogen) atoms. The van der Waals surface area contributed by atoms with Crippen molar-refractivity contribution in [2.45, 2.75) is 38.3 Å². The number of nitrogens with one attached hydrogen (secondary N) is 1. The van der Waals surface area contributed by atoms with Crippen LogP contribution >= 0.6 is 0 Å². The van der Waals surface area contributed by atoms with Crippen LogP contribution in [0.3, 0.4) is 0 Å². The van der Waals surface area contributed by atoms with Gasteiger partial charge in [0, 0.05) is 24.5 Å². The molecule has 2 aromatic carbocycles. The summed E-state index contributed by atoms with van der Waals surface area (Å²) in [5.74, 6) is -0.746. The standard InChI is InChI=1S/C22H23F2N3O3/c23-22(24)30-18-10-8-17(9-11-18)27-20(28)14-19(21(27)29)25-15-4-6-16(7-5-15)26-12-2-1-3-13-26/h4-11,19,22,25H,1-3,12-14H2. The number of halogens is 2. The molecule has 2 heterocycles. The first-order valence-corrected chi connectivity index (χ1v) is 10.0. The van der Waals surface area contributed by atoms with Crippen molar-refractivity contribution < 1.29 is 23.1 Å². The normalized spacial score (nSPS) is 19.5. The number of amides is 2. The molecule has 2 aliphatic rings. The summed E-state index contributed by atoms with van der Waals surface area (Å²) in [6, 6.07) is 12.7. The first kappa shape index (κ1) is 20.1. The topological polar surface area (TPSA) is 61.9 Å². The fourth-order valence-electron chi connectivity index (χ4n) is 3.91. The smallest absolute Gasteiger partial charge is 0.387 e. The van der Waals surface area contributed by atoms with Crippen LogP contribution < -0.4 is 19.9 Å². The summed E-state index contributed by atoms with van der Waals surface area (Å²) in [6.45, 7) is -0.822. The predicted octanol–water partition coefficient (Wildman–Crippen LogP) is 4.02. The van der Waals surface area contributed by atoms with Gasteiger partial charge in [-0.25, -0.2) is 4.90 Å². The molecule has 2 fully saturated rings. The summed E-state index contributed by atoms with van der Waals surface area (Å²) in [7, 11) is 0. The van der Waals surface area contributed by atoms with Gasteiger partial charge in [0.15, 0.2) is 0 Å². The van der Waals surface area contributed by atoms with E-state index < -0.39 is 12.7 Å². The number of ether oxygens (including phenoxy) is 1. The zero-order valence-electron chi connectivity index (χ0n) is 16.4. The second kappa shape index (κ2) is 8.69. The molecule has 0 aliphatic carbocycles. The van der Waals surface area contributed by atoms with Crippen molar-refractivity contribution in [3.05, 3.63) is 48.5 Å². The van der Waals surface area contributed by atoms with E-state index >= 15 is 0 Å². The number of piperidine rings is 1. The Hall–Kier alpha value is -3.16. The molecule has 4 rings (SSSR count). The van der Waals surface area contributed by atoms with Crippen LogP contribution in [0.25, 0.3) is 0 Å². The number of nitrogens with zero attached hydrogens (tertiary/aromatic N) is 2. The van der Waals surface area contributed by atoms with Gasteiger partial charge in [-0.15, -0.1) is 0 Å². The third-order valence-electron chi connectivity index (χ3n) is 5.40. The van der Waals surface area contributed by atoms with E-state index in [-0.39, 0.29) is 24.0 Å². The summed E-state index contributed by atoms with van der Waals surface area (Å²) in [6.07, 6.45) is 3.70. The largest absolute Gasteiger partial charge is 0.435 e. The highest BCUT2D eigenvalue weighted by Gasteiger charge is 2.39. The van der Waals surface area contributed by atoms with E-state index in [4.69, 9.17) is 0 Å². The van der Waals surface area contributed by atoms with Gasteiger partial charge in [-0.3, -0.25) is 9.59 Å². The molecule has 0 bridgehead atoms.